The summed E-state index contributed by atoms with van der Waals surface area (Å²) >= 11 is 0. The average Bonchev–Trinajstić information content (AvgIpc) is 2.36. The predicted octanol–water partition coefficient (Wildman–Crippen LogP) is 0.712. The Hall–Kier alpha value is -2.63. The Balaban J connectivity index is 2.16. The summed E-state index contributed by atoms with van der Waals surface area (Å²) in [7, 11) is 0. The van der Waals surface area contributed by atoms with Crippen molar-refractivity contribution in [2.75, 3.05) is 11.3 Å². The molecule has 6 nitrogen and oxygen atoms in total. The molecule has 0 aliphatic rings. The van der Waals surface area contributed by atoms with Crippen LogP contribution in [-0.2, 0) is 0 Å². The zero-order chi connectivity index (χ0) is 13.0. The van der Waals surface area contributed by atoms with Crippen LogP contribution in [0, 0.1) is 6.92 Å². The van der Waals surface area contributed by atoms with E-state index in [9.17, 15) is 4.79 Å². The minimum absolute atomic E-state index is 0.201. The lowest BCUT2D eigenvalue weighted by atomic mass is 10.2. The minimum Gasteiger partial charge on any atom is -0.333 e. The molecule has 0 saturated carbocycles. The standard InChI is InChI=1S/C12H13N5O/c1-9-7-11(18)17(13)12(15-9)16-14-8-10-5-3-2-4-6-10/h2-8H,13H2,1H3,(H,15,16)/b14-8-. The highest BCUT2D eigenvalue weighted by Gasteiger charge is 2.01. The molecule has 6 heteroatoms. The number of anilines is 1. The molecule has 92 valence electrons. The van der Waals surface area contributed by atoms with Crippen molar-refractivity contribution in [3.05, 3.63) is 58.0 Å². The Morgan fingerprint density at radius 1 is 1.39 bits per heavy atom. The number of benzene rings is 1. The fraction of sp³-hybridized carbons (Fsp3) is 0.0833. The molecule has 0 aliphatic heterocycles. The van der Waals surface area contributed by atoms with Gasteiger partial charge in [0.25, 0.3) is 5.56 Å². The molecule has 0 fully saturated rings. The Morgan fingerprint density at radius 3 is 2.83 bits per heavy atom. The van der Waals surface area contributed by atoms with Crippen molar-refractivity contribution in [1.82, 2.24) is 9.66 Å². The third-order valence-corrected chi connectivity index (χ3v) is 2.26. The van der Waals surface area contributed by atoms with E-state index in [4.69, 9.17) is 5.84 Å². The molecule has 0 unspecified atom stereocenters. The third-order valence-electron chi connectivity index (χ3n) is 2.26. The van der Waals surface area contributed by atoms with Gasteiger partial charge in [-0.05, 0) is 12.5 Å². The van der Waals surface area contributed by atoms with Crippen LogP contribution in [0.4, 0.5) is 5.95 Å². The van der Waals surface area contributed by atoms with Gasteiger partial charge in [-0.1, -0.05) is 30.3 Å². The maximum absolute atomic E-state index is 11.4. The van der Waals surface area contributed by atoms with Crippen molar-refractivity contribution in [1.29, 1.82) is 0 Å². The second-order valence-corrected chi connectivity index (χ2v) is 3.71. The first kappa shape index (κ1) is 11.8. The van der Waals surface area contributed by atoms with Gasteiger partial charge in [0.2, 0.25) is 5.95 Å². The summed E-state index contributed by atoms with van der Waals surface area (Å²) in [5.41, 5.74) is 3.82. The van der Waals surface area contributed by atoms with Crippen molar-refractivity contribution in [3.8, 4) is 0 Å². The van der Waals surface area contributed by atoms with Crippen molar-refractivity contribution in [2.24, 2.45) is 5.10 Å². The van der Waals surface area contributed by atoms with E-state index in [0.29, 0.717) is 5.69 Å². The Labute approximate surface area is 104 Å². The second kappa shape index (κ2) is 5.13. The van der Waals surface area contributed by atoms with Crippen LogP contribution in [0.2, 0.25) is 0 Å². The maximum atomic E-state index is 11.4. The van der Waals surface area contributed by atoms with E-state index in [-0.39, 0.29) is 11.5 Å². The molecule has 2 aromatic rings. The molecule has 0 bridgehead atoms. The first-order valence-corrected chi connectivity index (χ1v) is 5.37. The molecule has 1 aromatic carbocycles. The highest BCUT2D eigenvalue weighted by molar-refractivity contribution is 5.79. The molecule has 0 radical (unpaired) electrons. The second-order valence-electron chi connectivity index (χ2n) is 3.71. The number of nitrogens with one attached hydrogen (secondary N) is 1. The number of rotatable bonds is 3. The lowest BCUT2D eigenvalue weighted by Gasteiger charge is -2.05. The van der Waals surface area contributed by atoms with E-state index in [1.807, 2.05) is 30.3 Å². The molecule has 0 aliphatic carbocycles. The molecular formula is C12H13N5O. The lowest BCUT2D eigenvalue weighted by molar-refractivity contribution is 0.876. The summed E-state index contributed by atoms with van der Waals surface area (Å²) in [4.78, 5) is 15.5. The molecule has 1 aromatic heterocycles. The summed E-state index contributed by atoms with van der Waals surface area (Å²) < 4.78 is 0.912. The number of nitrogens with zero attached hydrogens (tertiary/aromatic N) is 3. The Bertz CT molecular complexity index is 618. The smallest absolute Gasteiger partial charge is 0.273 e. The van der Waals surface area contributed by atoms with Gasteiger partial charge in [0.1, 0.15) is 0 Å². The van der Waals surface area contributed by atoms with Gasteiger partial charge in [-0.25, -0.2) is 10.4 Å². The van der Waals surface area contributed by atoms with Crippen LogP contribution in [0.5, 0.6) is 0 Å². The fourth-order valence-electron chi connectivity index (χ4n) is 1.39. The molecule has 0 saturated heterocycles. The molecule has 18 heavy (non-hydrogen) atoms. The number of nitrogens with two attached hydrogens (primary N) is 1. The van der Waals surface area contributed by atoms with E-state index in [0.717, 1.165) is 10.2 Å². The average molecular weight is 243 g/mol. The van der Waals surface area contributed by atoms with Gasteiger partial charge in [0.05, 0.1) is 6.21 Å². The Kier molecular flexibility index (Phi) is 3.38. The molecular weight excluding hydrogens is 230 g/mol. The van der Waals surface area contributed by atoms with Crippen molar-refractivity contribution in [2.45, 2.75) is 6.92 Å². The number of hydrazone groups is 1. The predicted molar refractivity (Wildman–Crippen MR) is 71.0 cm³/mol. The molecule has 0 atom stereocenters. The van der Waals surface area contributed by atoms with Gasteiger partial charge in [-0.3, -0.25) is 4.79 Å². The summed E-state index contributed by atoms with van der Waals surface area (Å²) in [5, 5.41) is 3.98. The number of aryl methyl sites for hydroxylation is 1. The van der Waals surface area contributed by atoms with Gasteiger partial charge in [0, 0.05) is 11.8 Å². The van der Waals surface area contributed by atoms with Crippen LogP contribution >= 0.6 is 0 Å². The van der Waals surface area contributed by atoms with Gasteiger partial charge in [-0.2, -0.15) is 9.78 Å². The number of hydrogen-bond donors (Lipinski definition) is 2. The van der Waals surface area contributed by atoms with Crippen LogP contribution in [0.15, 0.2) is 46.3 Å². The first-order chi connectivity index (χ1) is 8.66. The van der Waals surface area contributed by atoms with E-state index in [2.05, 4.69) is 15.5 Å². The molecule has 1 heterocycles. The first-order valence-electron chi connectivity index (χ1n) is 5.37. The summed E-state index contributed by atoms with van der Waals surface area (Å²) in [6, 6.07) is 10.9. The van der Waals surface area contributed by atoms with E-state index in [1.165, 1.54) is 6.07 Å². The molecule has 0 amide bonds. The summed E-state index contributed by atoms with van der Waals surface area (Å²) in [6.07, 6.45) is 1.62. The van der Waals surface area contributed by atoms with Crippen molar-refractivity contribution < 1.29 is 0 Å². The van der Waals surface area contributed by atoms with Gasteiger partial charge >= 0.3 is 0 Å². The zero-order valence-electron chi connectivity index (χ0n) is 9.87. The van der Waals surface area contributed by atoms with E-state index in [1.54, 1.807) is 13.1 Å². The van der Waals surface area contributed by atoms with Crippen molar-refractivity contribution in [3.63, 3.8) is 0 Å². The summed E-state index contributed by atoms with van der Waals surface area (Å²) in [6.45, 7) is 1.72. The van der Waals surface area contributed by atoms with Crippen LogP contribution in [0.3, 0.4) is 0 Å². The zero-order valence-corrected chi connectivity index (χ0v) is 9.87. The fourth-order valence-corrected chi connectivity index (χ4v) is 1.39. The summed E-state index contributed by atoms with van der Waals surface area (Å²) in [5.74, 6) is 5.74. The van der Waals surface area contributed by atoms with Gasteiger partial charge in [0.15, 0.2) is 0 Å². The van der Waals surface area contributed by atoms with Crippen LogP contribution in [0.25, 0.3) is 0 Å². The maximum Gasteiger partial charge on any atom is 0.273 e. The number of nitrogen functional groups attached to an aromatic ring is 1. The van der Waals surface area contributed by atoms with E-state index < -0.39 is 0 Å². The van der Waals surface area contributed by atoms with Gasteiger partial charge in [-0.15, -0.1) is 0 Å². The lowest BCUT2D eigenvalue weighted by Crippen LogP contribution is -2.30. The van der Waals surface area contributed by atoms with Crippen LogP contribution in [0.1, 0.15) is 11.3 Å². The quantitative estimate of drug-likeness (QED) is 0.472. The van der Waals surface area contributed by atoms with Crippen LogP contribution in [-0.4, -0.2) is 15.9 Å². The molecule has 0 spiro atoms. The topological polar surface area (TPSA) is 85.3 Å². The SMILES string of the molecule is Cc1cc(=O)n(N)c(N/N=C\c2ccccc2)n1. The normalized spacial score (nSPS) is 10.7. The highest BCUT2D eigenvalue weighted by Crippen LogP contribution is 1.99. The highest BCUT2D eigenvalue weighted by atomic mass is 16.1. The van der Waals surface area contributed by atoms with Gasteiger partial charge < -0.3 is 5.84 Å². The number of hydrogen-bond acceptors (Lipinski definition) is 5. The third kappa shape index (κ3) is 2.73. The monoisotopic (exact) mass is 243 g/mol. The Morgan fingerprint density at radius 2 is 2.11 bits per heavy atom. The minimum atomic E-state index is -0.333. The number of aromatic nitrogens is 2. The van der Waals surface area contributed by atoms with Crippen LogP contribution < -0.4 is 16.8 Å². The molecule has 3 N–H and O–H groups in total. The van der Waals surface area contributed by atoms with Crippen molar-refractivity contribution >= 4 is 12.2 Å². The largest absolute Gasteiger partial charge is 0.333 e. The van der Waals surface area contributed by atoms with E-state index >= 15 is 0 Å². The molecule has 2 rings (SSSR count).